The van der Waals surface area contributed by atoms with Crippen molar-refractivity contribution in [2.75, 3.05) is 5.75 Å². The molecule has 1 atom stereocenters. The van der Waals surface area contributed by atoms with E-state index >= 15 is 0 Å². The molecular weight excluding hydrogens is 316 g/mol. The van der Waals surface area contributed by atoms with E-state index < -0.39 is 10.0 Å². The third-order valence-corrected chi connectivity index (χ3v) is 6.37. The number of nitrogens with zero attached hydrogens (tertiary/aromatic N) is 3. The van der Waals surface area contributed by atoms with Crippen LogP contribution in [0, 0.1) is 11.8 Å². The second-order valence-corrected chi connectivity index (χ2v) is 8.61. The second kappa shape index (κ2) is 6.59. The van der Waals surface area contributed by atoms with Crippen molar-refractivity contribution in [3.63, 3.8) is 0 Å². The molecule has 2 aliphatic rings. The highest BCUT2D eigenvalue weighted by Crippen LogP contribution is 2.28. The molecule has 0 saturated heterocycles. The van der Waals surface area contributed by atoms with Crippen LogP contribution >= 0.6 is 0 Å². The number of carbonyl (C=O) groups is 1. The number of nitrogens with one attached hydrogen (secondary N) is 1. The Kier molecular flexibility index (Phi) is 4.70. The van der Waals surface area contributed by atoms with Gasteiger partial charge in [-0.3, -0.25) is 14.2 Å². The molecule has 128 valence electrons. The summed E-state index contributed by atoms with van der Waals surface area (Å²) >= 11 is 0. The molecule has 0 spiro atoms. The fourth-order valence-corrected chi connectivity index (χ4v) is 4.86. The van der Waals surface area contributed by atoms with Gasteiger partial charge in [0.1, 0.15) is 0 Å². The van der Waals surface area contributed by atoms with E-state index in [-0.39, 0.29) is 17.6 Å². The molecular formula is C15H24N4O3S. The van der Waals surface area contributed by atoms with Crippen LogP contribution in [0.5, 0.6) is 0 Å². The standard InChI is InChI=1S/C15H24N4O3S/c1-19-14-10-12(6-7-13(14)16-18-19)15(20)17-23(21,22)9-8-11-4-2-3-5-11/h11-12H,2-10H2,1H3,(H,17,20). The maximum atomic E-state index is 12.3. The number of fused-ring (bicyclic) bond motifs is 1. The molecule has 1 heterocycles. The molecule has 1 saturated carbocycles. The topological polar surface area (TPSA) is 93.9 Å². The number of aryl methyl sites for hydroxylation is 2. The van der Waals surface area contributed by atoms with E-state index in [0.29, 0.717) is 31.6 Å². The van der Waals surface area contributed by atoms with E-state index in [0.717, 1.165) is 24.2 Å². The van der Waals surface area contributed by atoms with Gasteiger partial charge in [-0.2, -0.15) is 0 Å². The van der Waals surface area contributed by atoms with E-state index in [9.17, 15) is 13.2 Å². The summed E-state index contributed by atoms with van der Waals surface area (Å²) in [4.78, 5) is 12.3. The lowest BCUT2D eigenvalue weighted by Gasteiger charge is -2.21. The molecule has 0 bridgehead atoms. The molecule has 1 amide bonds. The number of sulfonamides is 1. The molecule has 23 heavy (non-hydrogen) atoms. The van der Waals surface area contributed by atoms with Gasteiger partial charge in [0.05, 0.1) is 17.1 Å². The Morgan fingerprint density at radius 2 is 2.04 bits per heavy atom. The fraction of sp³-hybridized carbons (Fsp3) is 0.800. The summed E-state index contributed by atoms with van der Waals surface area (Å²) in [5.74, 6) is -0.155. The molecule has 1 N–H and O–H groups in total. The van der Waals surface area contributed by atoms with Crippen molar-refractivity contribution in [1.29, 1.82) is 0 Å². The van der Waals surface area contributed by atoms with Crippen LogP contribution in [0.2, 0.25) is 0 Å². The molecule has 0 aromatic carbocycles. The highest BCUT2D eigenvalue weighted by molar-refractivity contribution is 7.90. The first-order chi connectivity index (χ1) is 10.9. The summed E-state index contributed by atoms with van der Waals surface area (Å²) < 4.78 is 28.2. The summed E-state index contributed by atoms with van der Waals surface area (Å²) in [6, 6.07) is 0. The summed E-state index contributed by atoms with van der Waals surface area (Å²) in [6.07, 6.45) is 7.07. The highest BCUT2D eigenvalue weighted by atomic mass is 32.2. The first-order valence-corrected chi connectivity index (χ1v) is 10.0. The van der Waals surface area contributed by atoms with Gasteiger partial charge in [-0.15, -0.1) is 5.10 Å². The molecule has 1 fully saturated rings. The van der Waals surface area contributed by atoms with Crippen LogP contribution in [0.15, 0.2) is 0 Å². The maximum Gasteiger partial charge on any atom is 0.236 e. The lowest BCUT2D eigenvalue weighted by molar-refractivity contribution is -0.123. The van der Waals surface area contributed by atoms with Crippen LogP contribution in [0.1, 0.15) is 49.9 Å². The summed E-state index contributed by atoms with van der Waals surface area (Å²) in [7, 11) is -1.73. The quantitative estimate of drug-likeness (QED) is 0.861. The molecule has 1 aromatic heterocycles. The SMILES string of the molecule is Cn1nnc2c1CC(C(=O)NS(=O)(=O)CCC1CCCC1)CC2. The predicted octanol–water partition coefficient (Wildman–Crippen LogP) is 0.946. The van der Waals surface area contributed by atoms with Crippen molar-refractivity contribution in [2.45, 2.75) is 51.4 Å². The Balaban J connectivity index is 1.55. The number of rotatable bonds is 5. The summed E-state index contributed by atoms with van der Waals surface area (Å²) in [5.41, 5.74) is 1.85. The van der Waals surface area contributed by atoms with E-state index in [2.05, 4.69) is 15.0 Å². The number of hydrogen-bond donors (Lipinski definition) is 1. The summed E-state index contributed by atoms with van der Waals surface area (Å²) in [5, 5.41) is 8.02. The Labute approximate surface area is 136 Å². The third kappa shape index (κ3) is 3.91. The van der Waals surface area contributed by atoms with E-state index in [1.54, 1.807) is 11.7 Å². The van der Waals surface area contributed by atoms with Gasteiger partial charge in [0.15, 0.2) is 0 Å². The van der Waals surface area contributed by atoms with Crippen LogP contribution in [-0.4, -0.2) is 35.1 Å². The number of aromatic nitrogens is 3. The van der Waals surface area contributed by atoms with Crippen LogP contribution < -0.4 is 4.72 Å². The zero-order valence-electron chi connectivity index (χ0n) is 13.5. The van der Waals surface area contributed by atoms with Crippen molar-refractivity contribution >= 4 is 15.9 Å². The Morgan fingerprint density at radius 3 is 2.78 bits per heavy atom. The normalized spacial score (nSPS) is 22.0. The van der Waals surface area contributed by atoms with Crippen molar-refractivity contribution in [2.24, 2.45) is 18.9 Å². The van der Waals surface area contributed by atoms with Gasteiger partial charge in [-0.25, -0.2) is 8.42 Å². The highest BCUT2D eigenvalue weighted by Gasteiger charge is 2.30. The molecule has 2 aliphatic carbocycles. The zero-order valence-corrected chi connectivity index (χ0v) is 14.3. The Bertz CT molecular complexity index is 677. The van der Waals surface area contributed by atoms with Crippen LogP contribution in [-0.2, 0) is 34.7 Å². The minimum Gasteiger partial charge on any atom is -0.274 e. The van der Waals surface area contributed by atoms with Gasteiger partial charge in [0, 0.05) is 19.4 Å². The lowest BCUT2D eigenvalue weighted by Crippen LogP contribution is -2.39. The van der Waals surface area contributed by atoms with Gasteiger partial charge in [0.2, 0.25) is 15.9 Å². The van der Waals surface area contributed by atoms with Gasteiger partial charge >= 0.3 is 0 Å². The van der Waals surface area contributed by atoms with Gasteiger partial charge < -0.3 is 0 Å². The van der Waals surface area contributed by atoms with E-state index in [4.69, 9.17) is 0 Å². The van der Waals surface area contributed by atoms with Crippen LogP contribution in [0.25, 0.3) is 0 Å². The first-order valence-electron chi connectivity index (χ1n) is 8.36. The minimum atomic E-state index is -3.53. The Hall–Kier alpha value is -1.44. The Morgan fingerprint density at radius 1 is 1.30 bits per heavy atom. The molecule has 1 unspecified atom stereocenters. The van der Waals surface area contributed by atoms with Gasteiger partial charge in [-0.05, 0) is 25.2 Å². The molecule has 0 radical (unpaired) electrons. The smallest absolute Gasteiger partial charge is 0.236 e. The van der Waals surface area contributed by atoms with Gasteiger partial charge in [-0.1, -0.05) is 30.9 Å². The number of amides is 1. The third-order valence-electron chi connectivity index (χ3n) is 5.09. The number of carbonyl (C=O) groups excluding carboxylic acids is 1. The van der Waals surface area contributed by atoms with Crippen molar-refractivity contribution in [3.8, 4) is 0 Å². The monoisotopic (exact) mass is 340 g/mol. The van der Waals surface area contributed by atoms with Crippen molar-refractivity contribution in [1.82, 2.24) is 19.7 Å². The largest absolute Gasteiger partial charge is 0.274 e. The van der Waals surface area contributed by atoms with Crippen molar-refractivity contribution in [3.05, 3.63) is 11.4 Å². The average Bonchev–Trinajstić information content (AvgIpc) is 3.15. The molecule has 8 heteroatoms. The molecule has 0 aliphatic heterocycles. The average molecular weight is 340 g/mol. The van der Waals surface area contributed by atoms with Gasteiger partial charge in [0.25, 0.3) is 0 Å². The first kappa shape index (κ1) is 16.4. The maximum absolute atomic E-state index is 12.3. The van der Waals surface area contributed by atoms with Crippen LogP contribution in [0.3, 0.4) is 0 Å². The second-order valence-electron chi connectivity index (χ2n) is 6.77. The fourth-order valence-electron chi connectivity index (χ4n) is 3.64. The van der Waals surface area contributed by atoms with Crippen molar-refractivity contribution < 1.29 is 13.2 Å². The molecule has 3 rings (SSSR count). The molecule has 1 aromatic rings. The minimum absolute atomic E-state index is 0.0502. The summed E-state index contributed by atoms with van der Waals surface area (Å²) in [6.45, 7) is 0. The van der Waals surface area contributed by atoms with E-state index in [1.807, 2.05) is 0 Å². The molecule has 7 nitrogen and oxygen atoms in total. The number of hydrogen-bond acceptors (Lipinski definition) is 5. The van der Waals surface area contributed by atoms with Crippen LogP contribution in [0.4, 0.5) is 0 Å². The van der Waals surface area contributed by atoms with E-state index in [1.165, 1.54) is 12.8 Å². The lowest BCUT2D eigenvalue weighted by atomic mass is 9.89. The zero-order chi connectivity index (χ0) is 16.4. The predicted molar refractivity (Wildman–Crippen MR) is 85.0 cm³/mol.